The summed E-state index contributed by atoms with van der Waals surface area (Å²) in [5.74, 6) is -0.255. The second-order valence-corrected chi connectivity index (χ2v) is 6.85. The summed E-state index contributed by atoms with van der Waals surface area (Å²) in [6, 6.07) is 6.96. The van der Waals surface area contributed by atoms with E-state index in [4.69, 9.17) is 11.6 Å². The van der Waals surface area contributed by atoms with Crippen molar-refractivity contribution >= 4 is 29.1 Å². The number of nitrogens with one attached hydrogen (secondary N) is 2. The van der Waals surface area contributed by atoms with Crippen molar-refractivity contribution in [3.63, 3.8) is 0 Å². The van der Waals surface area contributed by atoms with E-state index < -0.39 is 0 Å². The molecule has 0 unspecified atom stereocenters. The lowest BCUT2D eigenvalue weighted by Gasteiger charge is -2.17. The van der Waals surface area contributed by atoms with Gasteiger partial charge in [-0.05, 0) is 43.9 Å². The summed E-state index contributed by atoms with van der Waals surface area (Å²) in [5, 5.41) is 6.26. The molecule has 0 spiro atoms. The Bertz CT molecular complexity index is 816. The number of nitrogens with zero attached hydrogens (tertiary/aromatic N) is 2. The Hall–Kier alpha value is -2.34. The standard InChI is InChI=1S/C19H23ClN4O2/c1-2-3-10-21-18(25)16-15-9-4-5-11-24(15)17(23-16)19(26)22-14-8-6-7-13(20)12-14/h6-8,12H,2-5,9-11H2,1H3,(H,21,25)(H,22,26). The maximum atomic E-state index is 12.7. The number of hydrogen-bond acceptors (Lipinski definition) is 3. The molecule has 2 heterocycles. The fourth-order valence-corrected chi connectivity index (χ4v) is 3.30. The van der Waals surface area contributed by atoms with Gasteiger partial charge in [-0.3, -0.25) is 9.59 Å². The minimum Gasteiger partial charge on any atom is -0.351 e. The lowest BCUT2D eigenvalue weighted by atomic mass is 10.1. The van der Waals surface area contributed by atoms with Gasteiger partial charge in [-0.2, -0.15) is 0 Å². The molecule has 138 valence electrons. The first-order chi connectivity index (χ1) is 12.6. The van der Waals surface area contributed by atoms with Crippen molar-refractivity contribution in [2.45, 2.75) is 45.6 Å². The number of benzene rings is 1. The van der Waals surface area contributed by atoms with Crippen molar-refractivity contribution < 1.29 is 9.59 Å². The van der Waals surface area contributed by atoms with Crippen LogP contribution in [0.1, 0.15) is 59.4 Å². The average molecular weight is 375 g/mol. The molecule has 3 rings (SSSR count). The largest absolute Gasteiger partial charge is 0.351 e. The first-order valence-corrected chi connectivity index (χ1v) is 9.42. The van der Waals surface area contributed by atoms with Crippen LogP contribution in [0.3, 0.4) is 0 Å². The molecule has 0 aliphatic carbocycles. The average Bonchev–Trinajstić information content (AvgIpc) is 3.02. The maximum absolute atomic E-state index is 12.7. The van der Waals surface area contributed by atoms with E-state index in [1.807, 2.05) is 4.57 Å². The van der Waals surface area contributed by atoms with Gasteiger partial charge in [-0.15, -0.1) is 0 Å². The summed E-state index contributed by atoms with van der Waals surface area (Å²) in [4.78, 5) is 29.6. The Morgan fingerprint density at radius 3 is 2.88 bits per heavy atom. The van der Waals surface area contributed by atoms with Crippen LogP contribution in [0, 0.1) is 0 Å². The van der Waals surface area contributed by atoms with Crippen molar-refractivity contribution in [2.75, 3.05) is 11.9 Å². The zero-order valence-corrected chi connectivity index (χ0v) is 15.6. The van der Waals surface area contributed by atoms with Crippen LogP contribution in [-0.2, 0) is 13.0 Å². The van der Waals surface area contributed by atoms with Gasteiger partial charge in [-0.1, -0.05) is 31.0 Å². The molecule has 0 saturated carbocycles. The van der Waals surface area contributed by atoms with Crippen LogP contribution in [0.5, 0.6) is 0 Å². The second-order valence-electron chi connectivity index (χ2n) is 6.41. The Morgan fingerprint density at radius 2 is 2.12 bits per heavy atom. The van der Waals surface area contributed by atoms with Gasteiger partial charge in [0.2, 0.25) is 0 Å². The van der Waals surface area contributed by atoms with Crippen LogP contribution >= 0.6 is 11.6 Å². The number of fused-ring (bicyclic) bond motifs is 1. The molecule has 7 heteroatoms. The fraction of sp³-hybridized carbons (Fsp3) is 0.421. The molecule has 1 aromatic carbocycles. The number of unbranched alkanes of at least 4 members (excludes halogenated alkanes) is 1. The highest BCUT2D eigenvalue weighted by Gasteiger charge is 2.27. The summed E-state index contributed by atoms with van der Waals surface area (Å²) in [7, 11) is 0. The van der Waals surface area contributed by atoms with Gasteiger partial charge in [0.05, 0.1) is 5.69 Å². The van der Waals surface area contributed by atoms with Gasteiger partial charge < -0.3 is 15.2 Å². The van der Waals surface area contributed by atoms with Crippen LogP contribution < -0.4 is 10.6 Å². The SMILES string of the molecule is CCCCNC(=O)c1nc(C(=O)Nc2cccc(Cl)c2)n2c1CCCC2. The molecular formula is C19H23ClN4O2. The van der Waals surface area contributed by atoms with Crippen LogP contribution in [0.25, 0.3) is 0 Å². The van der Waals surface area contributed by atoms with Crippen molar-refractivity contribution in [1.82, 2.24) is 14.9 Å². The topological polar surface area (TPSA) is 76.0 Å². The highest BCUT2D eigenvalue weighted by molar-refractivity contribution is 6.30. The lowest BCUT2D eigenvalue weighted by molar-refractivity contribution is 0.0947. The van der Waals surface area contributed by atoms with E-state index in [2.05, 4.69) is 22.5 Å². The highest BCUT2D eigenvalue weighted by Crippen LogP contribution is 2.22. The monoisotopic (exact) mass is 374 g/mol. The first kappa shape index (κ1) is 18.5. The minimum absolute atomic E-state index is 0.203. The van der Waals surface area contributed by atoms with E-state index in [-0.39, 0.29) is 17.6 Å². The molecule has 0 atom stereocenters. The molecular weight excluding hydrogens is 352 g/mol. The Labute approximate surface area is 157 Å². The Balaban J connectivity index is 1.84. The number of aromatic nitrogens is 2. The third kappa shape index (κ3) is 4.07. The lowest BCUT2D eigenvalue weighted by Crippen LogP contribution is -2.26. The van der Waals surface area contributed by atoms with Crippen LogP contribution in [0.2, 0.25) is 5.02 Å². The van der Waals surface area contributed by atoms with Crippen molar-refractivity contribution in [1.29, 1.82) is 0 Å². The van der Waals surface area contributed by atoms with Gasteiger partial charge in [0, 0.05) is 23.8 Å². The molecule has 26 heavy (non-hydrogen) atoms. The molecule has 2 amide bonds. The normalized spacial score (nSPS) is 13.2. The molecule has 1 aliphatic rings. The van der Waals surface area contributed by atoms with Crippen molar-refractivity contribution in [2.24, 2.45) is 0 Å². The Kier molecular flexibility index (Phi) is 5.93. The fourth-order valence-electron chi connectivity index (χ4n) is 3.11. The number of carbonyl (C=O) groups is 2. The summed E-state index contributed by atoms with van der Waals surface area (Å²) in [6.45, 7) is 3.39. The van der Waals surface area contributed by atoms with E-state index in [1.165, 1.54) is 0 Å². The molecule has 0 fully saturated rings. The summed E-state index contributed by atoms with van der Waals surface area (Å²) < 4.78 is 1.87. The molecule has 0 bridgehead atoms. The number of carbonyl (C=O) groups excluding carboxylic acids is 2. The van der Waals surface area contributed by atoms with E-state index in [0.717, 1.165) is 37.8 Å². The summed E-state index contributed by atoms with van der Waals surface area (Å²) in [5.41, 5.74) is 1.82. The second kappa shape index (κ2) is 8.36. The van der Waals surface area contributed by atoms with E-state index in [9.17, 15) is 9.59 Å². The third-order valence-corrected chi connectivity index (χ3v) is 4.67. The third-order valence-electron chi connectivity index (χ3n) is 4.43. The van der Waals surface area contributed by atoms with Crippen LogP contribution in [0.15, 0.2) is 24.3 Å². The Morgan fingerprint density at radius 1 is 1.27 bits per heavy atom. The number of halogens is 1. The number of anilines is 1. The molecule has 1 aliphatic heterocycles. The predicted molar refractivity (Wildman–Crippen MR) is 102 cm³/mol. The van der Waals surface area contributed by atoms with Crippen molar-refractivity contribution in [3.8, 4) is 0 Å². The molecule has 0 radical (unpaired) electrons. The summed E-state index contributed by atoms with van der Waals surface area (Å²) >= 11 is 5.97. The molecule has 2 aromatic rings. The molecule has 2 N–H and O–H groups in total. The molecule has 6 nitrogen and oxygen atoms in total. The highest BCUT2D eigenvalue weighted by atomic mass is 35.5. The van der Waals surface area contributed by atoms with E-state index in [0.29, 0.717) is 29.5 Å². The number of rotatable bonds is 6. The predicted octanol–water partition coefficient (Wildman–Crippen LogP) is 3.66. The van der Waals surface area contributed by atoms with Crippen LogP contribution in [-0.4, -0.2) is 27.9 Å². The van der Waals surface area contributed by atoms with E-state index in [1.54, 1.807) is 24.3 Å². The van der Waals surface area contributed by atoms with Gasteiger partial charge >= 0.3 is 0 Å². The minimum atomic E-state index is -0.331. The molecule has 1 aromatic heterocycles. The summed E-state index contributed by atoms with van der Waals surface area (Å²) in [6.07, 6.45) is 4.65. The van der Waals surface area contributed by atoms with E-state index >= 15 is 0 Å². The van der Waals surface area contributed by atoms with Crippen LogP contribution in [0.4, 0.5) is 5.69 Å². The van der Waals surface area contributed by atoms with Crippen molar-refractivity contribution in [3.05, 3.63) is 46.5 Å². The first-order valence-electron chi connectivity index (χ1n) is 9.04. The molecule has 0 saturated heterocycles. The quantitative estimate of drug-likeness (QED) is 0.757. The number of amides is 2. The van der Waals surface area contributed by atoms with Gasteiger partial charge in [0.25, 0.3) is 11.8 Å². The smallest absolute Gasteiger partial charge is 0.291 e. The number of imidazole rings is 1. The van der Waals surface area contributed by atoms with Gasteiger partial charge in [-0.25, -0.2) is 4.98 Å². The number of hydrogen-bond donors (Lipinski definition) is 2. The maximum Gasteiger partial charge on any atom is 0.291 e. The van der Waals surface area contributed by atoms with Gasteiger partial charge in [0.15, 0.2) is 5.82 Å². The zero-order valence-electron chi connectivity index (χ0n) is 14.8. The van der Waals surface area contributed by atoms with Gasteiger partial charge in [0.1, 0.15) is 5.69 Å². The zero-order chi connectivity index (χ0) is 18.5.